The van der Waals surface area contributed by atoms with Crippen LogP contribution in [0.2, 0.25) is 0 Å². The fourth-order valence-electron chi connectivity index (χ4n) is 2.98. The molecule has 180 valence electrons. The molecule has 1 amide bonds. The third kappa shape index (κ3) is 6.00. The number of benzene rings is 1. The van der Waals surface area contributed by atoms with E-state index in [0.717, 1.165) is 28.8 Å². The second-order valence-corrected chi connectivity index (χ2v) is 9.20. The number of nitrogens with zero attached hydrogens (tertiary/aromatic N) is 3. The molecule has 8 nitrogen and oxygen atoms in total. The quantitative estimate of drug-likeness (QED) is 0.239. The minimum Gasteiger partial charge on any atom is -0.480 e. The number of nitrogens with one attached hydrogen (secondary N) is 1. The average Bonchev–Trinajstić information content (AvgIpc) is 3.36. The van der Waals surface area contributed by atoms with Gasteiger partial charge in [-0.05, 0) is 32.0 Å². The summed E-state index contributed by atoms with van der Waals surface area (Å²) < 4.78 is 39.2. The topological polar surface area (TPSA) is 95.3 Å². The summed E-state index contributed by atoms with van der Waals surface area (Å²) in [4.78, 5) is 25.3. The monoisotopic (exact) mass is 508 g/mol. The number of anilines is 1. The van der Waals surface area contributed by atoms with Crippen LogP contribution >= 0.6 is 23.1 Å². The summed E-state index contributed by atoms with van der Waals surface area (Å²) >= 11 is 2.40. The number of allylic oxidation sites excluding steroid dienone is 1. The molecule has 2 aromatic heterocycles. The number of aryl methyl sites for hydroxylation is 1. The molecular weight excluding hydrogens is 486 g/mol. The molecular formula is C22H22F2N4O4S2. The molecule has 3 rings (SSSR count). The van der Waals surface area contributed by atoms with Crippen LogP contribution in [0.15, 0.2) is 42.1 Å². The highest BCUT2D eigenvalue weighted by Crippen LogP contribution is 2.29. The molecule has 12 heteroatoms. The number of methoxy groups -OCH3 is 1. The zero-order chi connectivity index (χ0) is 24.8. The fourth-order valence-corrected chi connectivity index (χ4v) is 4.65. The Bertz CT molecular complexity index is 1210. The molecule has 0 aliphatic heterocycles. The van der Waals surface area contributed by atoms with Gasteiger partial charge in [0.2, 0.25) is 5.91 Å². The van der Waals surface area contributed by atoms with Crippen molar-refractivity contribution in [3.8, 4) is 5.75 Å². The summed E-state index contributed by atoms with van der Waals surface area (Å²) in [6.45, 7) is 7.52. The van der Waals surface area contributed by atoms with E-state index >= 15 is 0 Å². The van der Waals surface area contributed by atoms with Crippen LogP contribution in [0, 0.1) is 18.6 Å². The average molecular weight is 509 g/mol. The Hall–Kier alpha value is -3.25. The molecule has 0 radical (unpaired) electrons. The standard InChI is InChI=1S/C22H22F2N4O4S2/c1-5-8-28-19(13(3)32-17-7-6-14(23)10-16(17)24)26-27-22(28)33-11-18(29)25-20-15(21(30)31-4)9-12(2)34-20/h5-7,9-10,13H,1,8,11H2,2-4H3,(H,25,29). The number of esters is 1. The number of thiophene rings is 1. The van der Waals surface area contributed by atoms with Crippen molar-refractivity contribution in [2.24, 2.45) is 0 Å². The third-order valence-electron chi connectivity index (χ3n) is 4.46. The molecule has 1 unspecified atom stereocenters. The molecule has 0 aliphatic carbocycles. The molecule has 0 bridgehead atoms. The minimum atomic E-state index is -0.831. The lowest BCUT2D eigenvalue weighted by molar-refractivity contribution is -0.113. The molecule has 1 N–H and O–H groups in total. The van der Waals surface area contributed by atoms with E-state index in [2.05, 4.69) is 22.1 Å². The van der Waals surface area contributed by atoms with Crippen molar-refractivity contribution < 1.29 is 27.8 Å². The van der Waals surface area contributed by atoms with Gasteiger partial charge in [0.05, 0.1) is 18.4 Å². The van der Waals surface area contributed by atoms with Gasteiger partial charge in [-0.3, -0.25) is 9.36 Å². The molecule has 2 heterocycles. The number of hydrogen-bond donors (Lipinski definition) is 1. The van der Waals surface area contributed by atoms with Gasteiger partial charge in [0.1, 0.15) is 10.8 Å². The highest BCUT2D eigenvalue weighted by Gasteiger charge is 2.22. The normalized spacial score (nSPS) is 11.7. The molecule has 0 aliphatic rings. The predicted molar refractivity (Wildman–Crippen MR) is 125 cm³/mol. The van der Waals surface area contributed by atoms with Crippen molar-refractivity contribution in [3.63, 3.8) is 0 Å². The maximum Gasteiger partial charge on any atom is 0.340 e. The second-order valence-electron chi connectivity index (χ2n) is 7.00. The molecule has 0 spiro atoms. The van der Waals surface area contributed by atoms with E-state index in [-0.39, 0.29) is 17.4 Å². The molecule has 0 saturated carbocycles. The first-order valence-corrected chi connectivity index (χ1v) is 11.8. The van der Waals surface area contributed by atoms with E-state index in [1.807, 2.05) is 6.92 Å². The van der Waals surface area contributed by atoms with E-state index in [1.54, 1.807) is 23.6 Å². The lowest BCUT2D eigenvalue weighted by Crippen LogP contribution is -2.16. The van der Waals surface area contributed by atoms with Crippen molar-refractivity contribution in [3.05, 3.63) is 64.8 Å². The van der Waals surface area contributed by atoms with Crippen molar-refractivity contribution in [2.75, 3.05) is 18.2 Å². The minimum absolute atomic E-state index is 0.00529. The molecule has 0 saturated heterocycles. The smallest absolute Gasteiger partial charge is 0.340 e. The fraction of sp³-hybridized carbons (Fsp3) is 0.273. The Kier molecular flexibility index (Phi) is 8.40. The van der Waals surface area contributed by atoms with Crippen LogP contribution in [-0.2, 0) is 16.1 Å². The summed E-state index contributed by atoms with van der Waals surface area (Å²) in [5.41, 5.74) is 0.291. The van der Waals surface area contributed by atoms with E-state index in [0.29, 0.717) is 28.1 Å². The molecule has 1 aromatic carbocycles. The van der Waals surface area contributed by atoms with Crippen LogP contribution < -0.4 is 10.1 Å². The summed E-state index contributed by atoms with van der Waals surface area (Å²) in [6, 6.07) is 4.68. The number of hydrogen-bond acceptors (Lipinski definition) is 8. The largest absolute Gasteiger partial charge is 0.480 e. The van der Waals surface area contributed by atoms with Crippen LogP contribution in [0.3, 0.4) is 0 Å². The number of thioether (sulfide) groups is 1. The summed E-state index contributed by atoms with van der Waals surface area (Å²) in [6.07, 6.45) is 0.909. The third-order valence-corrected chi connectivity index (χ3v) is 6.40. The number of aromatic nitrogens is 3. The van der Waals surface area contributed by atoms with Crippen LogP contribution in [0.25, 0.3) is 0 Å². The number of halogens is 2. The van der Waals surface area contributed by atoms with Gasteiger partial charge in [-0.15, -0.1) is 28.1 Å². The number of carbonyl (C=O) groups is 2. The molecule has 34 heavy (non-hydrogen) atoms. The van der Waals surface area contributed by atoms with E-state index in [9.17, 15) is 18.4 Å². The van der Waals surface area contributed by atoms with Gasteiger partial charge in [0, 0.05) is 17.5 Å². The van der Waals surface area contributed by atoms with Gasteiger partial charge in [-0.25, -0.2) is 13.6 Å². The zero-order valence-corrected chi connectivity index (χ0v) is 20.3. The van der Waals surface area contributed by atoms with Gasteiger partial charge in [0.15, 0.2) is 28.7 Å². The van der Waals surface area contributed by atoms with Gasteiger partial charge in [-0.1, -0.05) is 17.8 Å². The van der Waals surface area contributed by atoms with Crippen molar-refractivity contribution in [1.29, 1.82) is 0 Å². The highest BCUT2D eigenvalue weighted by molar-refractivity contribution is 7.99. The number of rotatable bonds is 10. The van der Waals surface area contributed by atoms with E-state index in [1.165, 1.54) is 24.5 Å². The maximum atomic E-state index is 14.0. The zero-order valence-electron chi connectivity index (χ0n) is 18.6. The predicted octanol–water partition coefficient (Wildman–Crippen LogP) is 4.77. The summed E-state index contributed by atoms with van der Waals surface area (Å²) in [7, 11) is 1.27. The lowest BCUT2D eigenvalue weighted by atomic mass is 10.3. The van der Waals surface area contributed by atoms with Crippen molar-refractivity contribution in [2.45, 2.75) is 31.7 Å². The van der Waals surface area contributed by atoms with Crippen LogP contribution in [0.4, 0.5) is 13.8 Å². The maximum absolute atomic E-state index is 14.0. The van der Waals surface area contributed by atoms with Crippen LogP contribution in [0.5, 0.6) is 5.75 Å². The Morgan fingerprint density at radius 3 is 2.76 bits per heavy atom. The number of amides is 1. The van der Waals surface area contributed by atoms with Gasteiger partial charge >= 0.3 is 5.97 Å². The lowest BCUT2D eigenvalue weighted by Gasteiger charge is -2.16. The molecule has 3 aromatic rings. The Morgan fingerprint density at radius 2 is 2.09 bits per heavy atom. The second kappa shape index (κ2) is 11.3. The van der Waals surface area contributed by atoms with Crippen LogP contribution in [0.1, 0.15) is 34.1 Å². The summed E-state index contributed by atoms with van der Waals surface area (Å²) in [5, 5.41) is 11.8. The van der Waals surface area contributed by atoms with Crippen molar-refractivity contribution in [1.82, 2.24) is 14.8 Å². The van der Waals surface area contributed by atoms with Gasteiger partial charge in [-0.2, -0.15) is 0 Å². The number of carbonyl (C=O) groups excluding carboxylic acids is 2. The summed E-state index contributed by atoms with van der Waals surface area (Å²) in [5.74, 6) is -2.16. The van der Waals surface area contributed by atoms with Gasteiger partial charge in [0.25, 0.3) is 0 Å². The first kappa shape index (κ1) is 25.4. The van der Waals surface area contributed by atoms with Gasteiger partial charge < -0.3 is 14.8 Å². The molecule has 0 fully saturated rings. The van der Waals surface area contributed by atoms with Crippen molar-refractivity contribution >= 4 is 40.0 Å². The first-order chi connectivity index (χ1) is 16.2. The Labute approximate surface area is 203 Å². The van der Waals surface area contributed by atoms with E-state index < -0.39 is 23.7 Å². The Balaban J connectivity index is 1.70. The van der Waals surface area contributed by atoms with Crippen LogP contribution in [-0.4, -0.2) is 39.5 Å². The number of ether oxygens (including phenoxy) is 2. The SMILES string of the molecule is C=CCn1c(SCC(=O)Nc2sc(C)cc2C(=O)OC)nnc1C(C)Oc1ccc(F)cc1F. The van der Waals surface area contributed by atoms with E-state index in [4.69, 9.17) is 9.47 Å². The Morgan fingerprint density at radius 1 is 1.32 bits per heavy atom. The first-order valence-electron chi connectivity index (χ1n) is 10.0. The molecule has 1 atom stereocenters. The highest BCUT2D eigenvalue weighted by atomic mass is 32.2.